The van der Waals surface area contributed by atoms with Crippen LogP contribution >= 0.6 is 0 Å². The van der Waals surface area contributed by atoms with Gasteiger partial charge < -0.3 is 25.6 Å². The quantitative estimate of drug-likeness (QED) is 0.0286. The van der Waals surface area contributed by atoms with Crippen LogP contribution < -0.4 is 10.6 Å². The molecule has 0 aliphatic rings. The molecule has 2 unspecified atom stereocenters. The van der Waals surface area contributed by atoms with Crippen LogP contribution in [0.1, 0.15) is 174 Å². The molecule has 0 heterocycles. The normalized spacial score (nSPS) is 13.0. The molecule has 2 atom stereocenters. The van der Waals surface area contributed by atoms with Crippen LogP contribution in [-0.2, 0) is 23.9 Å². The van der Waals surface area contributed by atoms with Gasteiger partial charge in [0.2, 0.25) is 11.8 Å². The molecule has 0 spiro atoms. The van der Waals surface area contributed by atoms with Crippen molar-refractivity contribution in [3.05, 3.63) is 48.6 Å². The Morgan fingerprint density at radius 1 is 0.615 bits per heavy atom. The Bertz CT molecular complexity index is 1020. The molecule has 0 fully saturated rings. The third-order valence-corrected chi connectivity index (χ3v) is 8.79. The Labute approximate surface area is 316 Å². The number of unbranched alkanes of at least 4 members (excludes halogenated alkanes) is 16. The first-order valence-corrected chi connectivity index (χ1v) is 20.5. The van der Waals surface area contributed by atoms with Crippen molar-refractivity contribution < 1.29 is 34.1 Å². The first-order valence-electron chi connectivity index (χ1n) is 20.5. The highest BCUT2D eigenvalue weighted by Crippen LogP contribution is 2.15. The lowest BCUT2D eigenvalue weighted by Crippen LogP contribution is -2.47. The zero-order valence-corrected chi connectivity index (χ0v) is 32.8. The molecule has 0 saturated heterocycles. The second-order valence-corrected chi connectivity index (χ2v) is 13.7. The van der Waals surface area contributed by atoms with Crippen LogP contribution in [0.4, 0.5) is 0 Å². The smallest absolute Gasteiger partial charge is 0.328 e. The zero-order chi connectivity index (χ0) is 38.3. The predicted molar refractivity (Wildman–Crippen MR) is 213 cm³/mol. The molecule has 0 aliphatic carbocycles. The summed E-state index contributed by atoms with van der Waals surface area (Å²) in [4.78, 5) is 47.4. The van der Waals surface area contributed by atoms with Crippen molar-refractivity contribution in [3.63, 3.8) is 0 Å². The maximum atomic E-state index is 12.7. The highest BCUT2D eigenvalue weighted by atomic mass is 16.5. The zero-order valence-electron chi connectivity index (χ0n) is 32.8. The average molecular weight is 731 g/mol. The van der Waals surface area contributed by atoms with Crippen LogP contribution in [0.15, 0.2) is 48.6 Å². The molecule has 0 radical (unpaired) electrons. The van der Waals surface area contributed by atoms with E-state index in [9.17, 15) is 19.2 Å². The standard InChI is InChI=1S/C43H74N2O7/c1-3-5-7-9-11-13-14-15-16-17-18-19-20-21-23-25-31-35-42(49)52-38(32-28-24-22-12-10-8-6-4-2)33-29-26-27-30-34-40(47)44-36-41(48)45-39(37-46)43(50)51/h6,8,12,15-16,22,28,32,38-39,46H,3-5,7,9-11,13-14,17-21,23-27,29-31,33-37H2,1-2H3,(H,44,47)(H,45,48)(H,50,51)/b8-6-,16-15-,22-12-,32-28-. The average Bonchev–Trinajstić information content (AvgIpc) is 3.13. The minimum Gasteiger partial charge on any atom is -0.480 e. The molecule has 0 aromatic carbocycles. The summed E-state index contributed by atoms with van der Waals surface area (Å²) >= 11 is 0. The van der Waals surface area contributed by atoms with Gasteiger partial charge in [0, 0.05) is 12.8 Å². The molecule has 0 saturated carbocycles. The number of aliphatic carboxylic acids is 1. The van der Waals surface area contributed by atoms with Crippen molar-refractivity contribution in [2.45, 2.75) is 187 Å². The minimum absolute atomic E-state index is 0.142. The third kappa shape index (κ3) is 33.9. The summed E-state index contributed by atoms with van der Waals surface area (Å²) in [7, 11) is 0. The molecule has 52 heavy (non-hydrogen) atoms. The maximum absolute atomic E-state index is 12.7. The molecule has 298 valence electrons. The molecule has 0 aromatic rings. The minimum atomic E-state index is -1.39. The van der Waals surface area contributed by atoms with Gasteiger partial charge in [0.1, 0.15) is 12.1 Å². The van der Waals surface area contributed by atoms with Crippen LogP contribution in [0.5, 0.6) is 0 Å². The summed E-state index contributed by atoms with van der Waals surface area (Å²) in [6, 6.07) is -1.39. The number of aliphatic hydroxyl groups is 1. The predicted octanol–water partition coefficient (Wildman–Crippen LogP) is 9.59. The van der Waals surface area contributed by atoms with Crippen molar-refractivity contribution in [1.82, 2.24) is 10.6 Å². The fourth-order valence-electron chi connectivity index (χ4n) is 5.64. The second kappa shape index (κ2) is 37.6. The second-order valence-electron chi connectivity index (χ2n) is 13.7. The number of ether oxygens (including phenoxy) is 1. The van der Waals surface area contributed by atoms with E-state index in [0.717, 1.165) is 64.2 Å². The van der Waals surface area contributed by atoms with E-state index in [4.69, 9.17) is 14.9 Å². The molecule has 4 N–H and O–H groups in total. The fourth-order valence-corrected chi connectivity index (χ4v) is 5.64. The van der Waals surface area contributed by atoms with Crippen LogP contribution in [0.25, 0.3) is 0 Å². The van der Waals surface area contributed by atoms with Crippen molar-refractivity contribution in [2.75, 3.05) is 13.2 Å². The van der Waals surface area contributed by atoms with Crippen molar-refractivity contribution >= 4 is 23.8 Å². The molecular weight excluding hydrogens is 656 g/mol. The van der Waals surface area contributed by atoms with E-state index in [1.807, 2.05) is 6.08 Å². The Morgan fingerprint density at radius 2 is 1.15 bits per heavy atom. The topological polar surface area (TPSA) is 142 Å². The number of allylic oxidation sites excluding steroid dienone is 7. The van der Waals surface area contributed by atoms with Gasteiger partial charge in [-0.25, -0.2) is 4.79 Å². The number of carbonyl (C=O) groups is 4. The van der Waals surface area contributed by atoms with E-state index in [1.54, 1.807) is 0 Å². The van der Waals surface area contributed by atoms with Crippen molar-refractivity contribution in [3.8, 4) is 0 Å². The Hall–Kier alpha value is -3.20. The largest absolute Gasteiger partial charge is 0.480 e. The van der Waals surface area contributed by atoms with Crippen LogP contribution in [0.3, 0.4) is 0 Å². The molecule has 0 rings (SSSR count). The molecular formula is C43H74N2O7. The van der Waals surface area contributed by atoms with Crippen LogP contribution in [0.2, 0.25) is 0 Å². The number of nitrogens with one attached hydrogen (secondary N) is 2. The first-order chi connectivity index (χ1) is 25.3. The number of carboxylic acids is 1. The number of hydrogen-bond donors (Lipinski definition) is 4. The Balaban J connectivity index is 4.29. The SMILES string of the molecule is CC/C=C\C/C=C\C/C=C\C(CCCCCCC(=O)NCC(=O)NC(CO)C(=O)O)OC(=O)CCCCCCCCC/C=C\CCCCCCCC. The van der Waals surface area contributed by atoms with Gasteiger partial charge in [-0.2, -0.15) is 0 Å². The summed E-state index contributed by atoms with van der Waals surface area (Å²) in [6.45, 7) is 3.31. The van der Waals surface area contributed by atoms with E-state index < -0.39 is 24.5 Å². The van der Waals surface area contributed by atoms with Crippen LogP contribution in [-0.4, -0.2) is 59.3 Å². The number of amides is 2. The van der Waals surface area contributed by atoms with Gasteiger partial charge in [0.15, 0.2) is 0 Å². The van der Waals surface area contributed by atoms with Gasteiger partial charge in [-0.1, -0.05) is 133 Å². The van der Waals surface area contributed by atoms with Crippen molar-refractivity contribution in [1.29, 1.82) is 0 Å². The summed E-state index contributed by atoms with van der Waals surface area (Å²) in [5.74, 6) is -2.45. The van der Waals surface area contributed by atoms with Gasteiger partial charge >= 0.3 is 11.9 Å². The third-order valence-electron chi connectivity index (χ3n) is 8.79. The molecule has 0 aromatic heterocycles. The lowest BCUT2D eigenvalue weighted by Gasteiger charge is -2.15. The summed E-state index contributed by atoms with van der Waals surface area (Å²) in [6.07, 6.45) is 43.1. The lowest BCUT2D eigenvalue weighted by atomic mass is 10.1. The number of aliphatic hydroxyl groups excluding tert-OH is 1. The van der Waals surface area contributed by atoms with Gasteiger partial charge in [0.25, 0.3) is 0 Å². The monoisotopic (exact) mass is 731 g/mol. The molecule has 0 aliphatic heterocycles. The van der Waals surface area contributed by atoms with Gasteiger partial charge in [-0.05, 0) is 76.7 Å². The van der Waals surface area contributed by atoms with Gasteiger partial charge in [-0.15, -0.1) is 0 Å². The molecule has 9 heteroatoms. The molecule has 2 amide bonds. The lowest BCUT2D eigenvalue weighted by molar-refractivity contribution is -0.147. The summed E-state index contributed by atoms with van der Waals surface area (Å²) < 4.78 is 5.87. The Morgan fingerprint density at radius 3 is 1.75 bits per heavy atom. The highest BCUT2D eigenvalue weighted by Gasteiger charge is 2.18. The number of carbonyl (C=O) groups excluding carboxylic acids is 3. The van der Waals surface area contributed by atoms with E-state index >= 15 is 0 Å². The van der Waals surface area contributed by atoms with E-state index in [1.165, 1.54) is 77.0 Å². The highest BCUT2D eigenvalue weighted by molar-refractivity contribution is 5.87. The van der Waals surface area contributed by atoms with Gasteiger partial charge in [-0.3, -0.25) is 14.4 Å². The first kappa shape index (κ1) is 48.8. The number of hydrogen-bond acceptors (Lipinski definition) is 6. The fraction of sp³-hybridized carbons (Fsp3) is 0.721. The van der Waals surface area contributed by atoms with E-state index in [2.05, 4.69) is 67.0 Å². The summed E-state index contributed by atoms with van der Waals surface area (Å²) in [5, 5.41) is 22.5. The van der Waals surface area contributed by atoms with E-state index in [0.29, 0.717) is 12.8 Å². The molecule has 0 bridgehead atoms. The van der Waals surface area contributed by atoms with Crippen LogP contribution in [0, 0.1) is 0 Å². The number of carboxylic acid groups (broad SMARTS) is 1. The van der Waals surface area contributed by atoms with Gasteiger partial charge in [0.05, 0.1) is 13.2 Å². The molecule has 9 nitrogen and oxygen atoms in total. The Kier molecular flexibility index (Phi) is 35.2. The maximum Gasteiger partial charge on any atom is 0.328 e. The number of esters is 1. The van der Waals surface area contributed by atoms with Crippen molar-refractivity contribution in [2.24, 2.45) is 0 Å². The summed E-state index contributed by atoms with van der Waals surface area (Å²) in [5.41, 5.74) is 0. The van der Waals surface area contributed by atoms with E-state index in [-0.39, 0.29) is 30.9 Å². The number of rotatable bonds is 36.